The zero-order valence-corrected chi connectivity index (χ0v) is 22.7. The first-order valence-corrected chi connectivity index (χ1v) is 13.2. The van der Waals surface area contributed by atoms with Gasteiger partial charge in [0.05, 0.1) is 11.2 Å². The molecule has 0 aliphatic heterocycles. The zero-order chi connectivity index (χ0) is 25.8. The second-order valence-corrected chi connectivity index (χ2v) is 9.51. The molecule has 4 rings (SSSR count). The van der Waals surface area contributed by atoms with Crippen molar-refractivity contribution < 1.29 is 5.11 Å². The largest absolute Gasteiger partial charge is 0.507 e. The predicted octanol–water partition coefficient (Wildman–Crippen LogP) is 6.88. The minimum atomic E-state index is 0.375. The minimum Gasteiger partial charge on any atom is -0.507 e. The lowest BCUT2D eigenvalue weighted by atomic mass is 10.0. The number of halogens is 1. The molecule has 0 saturated carbocycles. The Morgan fingerprint density at radius 2 is 1.42 bits per heavy atom. The van der Waals surface area contributed by atoms with Gasteiger partial charge in [0, 0.05) is 40.7 Å². The SMILES string of the molecule is CCN(CC)Cc1cc(Nc2nc3ccccc3c3cc(Cl)nc(C)c23)cc(CN(CC)CC)c1O. The lowest BCUT2D eigenvalue weighted by molar-refractivity contribution is 0.281. The van der Waals surface area contributed by atoms with Crippen molar-refractivity contribution in [3.05, 3.63) is 64.4 Å². The van der Waals surface area contributed by atoms with Crippen LogP contribution in [0.5, 0.6) is 5.75 Å². The summed E-state index contributed by atoms with van der Waals surface area (Å²) in [4.78, 5) is 14.1. The second kappa shape index (κ2) is 11.4. The molecule has 2 aromatic heterocycles. The highest BCUT2D eigenvalue weighted by molar-refractivity contribution is 6.30. The molecule has 36 heavy (non-hydrogen) atoms. The van der Waals surface area contributed by atoms with Crippen molar-refractivity contribution in [3.8, 4) is 5.75 Å². The molecule has 0 spiro atoms. The van der Waals surface area contributed by atoms with Gasteiger partial charge in [-0.2, -0.15) is 0 Å². The van der Waals surface area contributed by atoms with E-state index in [0.29, 0.717) is 24.0 Å². The van der Waals surface area contributed by atoms with Crippen LogP contribution in [0.15, 0.2) is 42.5 Å². The van der Waals surface area contributed by atoms with Gasteiger partial charge in [0.25, 0.3) is 0 Å². The Balaban J connectivity index is 1.86. The molecule has 0 aliphatic carbocycles. The molecule has 2 heterocycles. The first-order valence-electron chi connectivity index (χ1n) is 12.8. The Kier molecular flexibility index (Phi) is 8.29. The summed E-state index contributed by atoms with van der Waals surface area (Å²) in [6.07, 6.45) is 0. The highest BCUT2D eigenvalue weighted by atomic mass is 35.5. The number of hydrogen-bond donors (Lipinski definition) is 2. The van der Waals surface area contributed by atoms with Crippen LogP contribution in [0.4, 0.5) is 11.5 Å². The van der Waals surface area contributed by atoms with E-state index < -0.39 is 0 Å². The Bertz CT molecular complexity index is 1330. The van der Waals surface area contributed by atoms with E-state index in [2.05, 4.69) is 53.9 Å². The molecule has 2 N–H and O–H groups in total. The van der Waals surface area contributed by atoms with Gasteiger partial charge in [0.15, 0.2) is 0 Å². The number of nitrogens with zero attached hydrogens (tertiary/aromatic N) is 4. The van der Waals surface area contributed by atoms with Crippen molar-refractivity contribution in [3.63, 3.8) is 0 Å². The molecule has 190 valence electrons. The fourth-order valence-electron chi connectivity index (χ4n) is 4.80. The van der Waals surface area contributed by atoms with Crippen molar-refractivity contribution >= 4 is 44.8 Å². The average molecular weight is 506 g/mol. The van der Waals surface area contributed by atoms with Crippen LogP contribution in [0, 0.1) is 6.92 Å². The number of aromatic nitrogens is 2. The van der Waals surface area contributed by atoms with Crippen LogP contribution in [0.2, 0.25) is 5.15 Å². The Labute approximate surface area is 218 Å². The summed E-state index contributed by atoms with van der Waals surface area (Å²) in [6.45, 7) is 15.6. The summed E-state index contributed by atoms with van der Waals surface area (Å²) in [5.41, 5.74) is 4.43. The summed E-state index contributed by atoms with van der Waals surface area (Å²) >= 11 is 6.36. The number of para-hydroxylation sites is 1. The topological polar surface area (TPSA) is 64.5 Å². The van der Waals surface area contributed by atoms with E-state index in [1.807, 2.05) is 43.3 Å². The third-order valence-corrected chi connectivity index (χ3v) is 7.13. The summed E-state index contributed by atoms with van der Waals surface area (Å²) in [7, 11) is 0. The van der Waals surface area contributed by atoms with Gasteiger partial charge in [0.2, 0.25) is 0 Å². The maximum Gasteiger partial charge on any atom is 0.140 e. The lowest BCUT2D eigenvalue weighted by Crippen LogP contribution is -2.24. The molecule has 2 aromatic carbocycles. The number of fused-ring (bicyclic) bond motifs is 3. The molecular weight excluding hydrogens is 470 g/mol. The normalized spacial score (nSPS) is 11.8. The van der Waals surface area contributed by atoms with Crippen molar-refractivity contribution in [2.45, 2.75) is 47.7 Å². The fraction of sp³-hybridized carbons (Fsp3) is 0.379. The molecule has 0 aliphatic rings. The van der Waals surface area contributed by atoms with Crippen molar-refractivity contribution in [2.24, 2.45) is 0 Å². The van der Waals surface area contributed by atoms with E-state index in [1.165, 1.54) is 0 Å². The minimum absolute atomic E-state index is 0.375. The van der Waals surface area contributed by atoms with Gasteiger partial charge in [0.1, 0.15) is 16.7 Å². The second-order valence-electron chi connectivity index (χ2n) is 9.12. The summed E-state index contributed by atoms with van der Waals surface area (Å²) in [6, 6.07) is 14.1. The van der Waals surface area contributed by atoms with Crippen molar-refractivity contribution in [1.82, 2.24) is 19.8 Å². The van der Waals surface area contributed by atoms with Gasteiger partial charge in [-0.25, -0.2) is 9.97 Å². The van der Waals surface area contributed by atoms with Crippen LogP contribution < -0.4 is 5.32 Å². The average Bonchev–Trinajstić information content (AvgIpc) is 2.87. The van der Waals surface area contributed by atoms with E-state index in [9.17, 15) is 5.11 Å². The lowest BCUT2D eigenvalue weighted by Gasteiger charge is -2.24. The monoisotopic (exact) mass is 505 g/mol. The molecule has 0 unspecified atom stereocenters. The van der Waals surface area contributed by atoms with E-state index in [0.717, 1.165) is 76.2 Å². The van der Waals surface area contributed by atoms with Gasteiger partial charge in [-0.05, 0) is 62.8 Å². The maximum absolute atomic E-state index is 11.2. The maximum atomic E-state index is 11.2. The zero-order valence-electron chi connectivity index (χ0n) is 21.9. The molecule has 6 nitrogen and oxygen atoms in total. The quantitative estimate of drug-likeness (QED) is 0.139. The Hall–Kier alpha value is -2.93. The number of pyridine rings is 2. The van der Waals surface area contributed by atoms with Crippen molar-refractivity contribution in [2.75, 3.05) is 31.5 Å². The Morgan fingerprint density at radius 3 is 2.00 bits per heavy atom. The van der Waals surface area contributed by atoms with Crippen LogP contribution in [-0.4, -0.2) is 51.1 Å². The number of nitrogens with one attached hydrogen (secondary N) is 1. The summed E-state index contributed by atoms with van der Waals surface area (Å²) < 4.78 is 0. The molecule has 0 radical (unpaired) electrons. The molecule has 0 bridgehead atoms. The number of hydrogen-bond acceptors (Lipinski definition) is 6. The van der Waals surface area contributed by atoms with Crippen molar-refractivity contribution in [1.29, 1.82) is 0 Å². The summed E-state index contributed by atoms with van der Waals surface area (Å²) in [5.74, 6) is 1.11. The van der Waals surface area contributed by atoms with Gasteiger partial charge < -0.3 is 10.4 Å². The highest BCUT2D eigenvalue weighted by Crippen LogP contribution is 2.36. The molecule has 0 saturated heterocycles. The van der Waals surface area contributed by atoms with E-state index >= 15 is 0 Å². The molecule has 0 amide bonds. The van der Waals surface area contributed by atoms with E-state index in [-0.39, 0.29) is 0 Å². The van der Waals surface area contributed by atoms with Gasteiger partial charge in [-0.3, -0.25) is 9.80 Å². The first-order chi connectivity index (χ1) is 17.4. The van der Waals surface area contributed by atoms with E-state index in [4.69, 9.17) is 16.6 Å². The molecule has 7 heteroatoms. The number of aromatic hydroxyl groups is 1. The summed E-state index contributed by atoms with van der Waals surface area (Å²) in [5, 5.41) is 18.3. The number of anilines is 2. The molecule has 0 fully saturated rings. The number of aryl methyl sites for hydroxylation is 1. The van der Waals surface area contributed by atoms with Crippen LogP contribution >= 0.6 is 11.6 Å². The van der Waals surface area contributed by atoms with Gasteiger partial charge >= 0.3 is 0 Å². The van der Waals surface area contributed by atoms with E-state index in [1.54, 1.807) is 0 Å². The molecule has 0 atom stereocenters. The fourth-order valence-corrected chi connectivity index (χ4v) is 5.03. The third-order valence-electron chi connectivity index (χ3n) is 6.94. The number of phenols is 1. The molecular formula is C29H36ClN5O. The third kappa shape index (κ3) is 5.41. The van der Waals surface area contributed by atoms with Crippen LogP contribution in [-0.2, 0) is 13.1 Å². The first kappa shape index (κ1) is 26.1. The van der Waals surface area contributed by atoms with Crippen LogP contribution in [0.25, 0.3) is 21.7 Å². The van der Waals surface area contributed by atoms with Crippen LogP contribution in [0.1, 0.15) is 44.5 Å². The van der Waals surface area contributed by atoms with Crippen LogP contribution in [0.3, 0.4) is 0 Å². The van der Waals surface area contributed by atoms with Gasteiger partial charge in [-0.1, -0.05) is 57.5 Å². The highest BCUT2D eigenvalue weighted by Gasteiger charge is 2.17. The number of benzene rings is 2. The Morgan fingerprint density at radius 1 is 0.833 bits per heavy atom. The smallest absolute Gasteiger partial charge is 0.140 e. The number of rotatable bonds is 10. The standard InChI is InChI=1S/C29H36ClN5O/c1-6-34(7-2)17-20-14-22(15-21(28(20)36)18-35(8-3)9-4)32-29-27-19(5)31-26(30)16-24(27)23-12-10-11-13-25(23)33-29/h10-16,36H,6-9,17-18H2,1-5H3,(H,32,33). The van der Waals surface area contributed by atoms with Gasteiger partial charge in [-0.15, -0.1) is 0 Å². The predicted molar refractivity (Wildman–Crippen MR) is 151 cm³/mol. The number of phenolic OH excluding ortho intramolecular Hbond substituents is 1. The molecule has 4 aromatic rings.